The number of hydrogen-bond donors (Lipinski definition) is 1. The average molecular weight is 448 g/mol. The van der Waals surface area contributed by atoms with E-state index in [2.05, 4.69) is 5.10 Å². The first kappa shape index (κ1) is 23.8. The third-order valence-electron chi connectivity index (χ3n) is 5.50. The van der Waals surface area contributed by atoms with Crippen LogP contribution in [0.25, 0.3) is 16.5 Å². The molecule has 32 heavy (non-hydrogen) atoms. The Morgan fingerprint density at radius 1 is 1.12 bits per heavy atom. The molecule has 0 atom stereocenters. The number of hydrogen-bond acceptors (Lipinski definition) is 6. The molecule has 3 rings (SSSR count). The van der Waals surface area contributed by atoms with Crippen LogP contribution in [-0.4, -0.2) is 51.5 Å². The van der Waals surface area contributed by atoms with Gasteiger partial charge in [-0.25, -0.2) is 9.18 Å². The average Bonchev–Trinajstić information content (AvgIpc) is 3.09. The first-order chi connectivity index (χ1) is 15.3. The highest BCUT2D eigenvalue weighted by Crippen LogP contribution is 2.28. The van der Waals surface area contributed by atoms with Gasteiger partial charge in [0.2, 0.25) is 0 Å². The molecule has 0 radical (unpaired) electrons. The van der Waals surface area contributed by atoms with Gasteiger partial charge in [-0.3, -0.25) is 9.36 Å². The van der Waals surface area contributed by atoms with Crippen LogP contribution in [0.1, 0.15) is 44.1 Å². The Labute approximate surface area is 184 Å². The van der Waals surface area contributed by atoms with E-state index in [0.717, 1.165) is 16.3 Å². The first-order valence-corrected chi connectivity index (χ1v) is 10.4. The van der Waals surface area contributed by atoms with Crippen molar-refractivity contribution in [2.45, 2.75) is 45.9 Å². The second-order valence-electron chi connectivity index (χ2n) is 7.88. The van der Waals surface area contributed by atoms with Crippen LogP contribution >= 0.6 is 0 Å². The molecule has 1 N–H and O–H groups in total. The third kappa shape index (κ3) is 4.13. The molecule has 0 aliphatic heterocycles. The minimum absolute atomic E-state index is 0.00586. The summed E-state index contributed by atoms with van der Waals surface area (Å²) in [5.74, 6) is -0.616. The smallest absolute Gasteiger partial charge is 0.350 e. The van der Waals surface area contributed by atoms with Crippen LogP contribution in [0.3, 0.4) is 0 Å². The summed E-state index contributed by atoms with van der Waals surface area (Å²) in [6, 6.07) is 2.24. The van der Waals surface area contributed by atoms with Crippen LogP contribution in [0.15, 0.2) is 27.9 Å². The predicted octanol–water partition coefficient (Wildman–Crippen LogP) is 1.96. The Balaban J connectivity index is 2.33. The Morgan fingerprint density at radius 3 is 2.28 bits per heavy atom. The van der Waals surface area contributed by atoms with Crippen molar-refractivity contribution in [3.63, 3.8) is 0 Å². The van der Waals surface area contributed by atoms with Crippen molar-refractivity contribution in [3.05, 3.63) is 56.4 Å². The fraction of sp³-hybridized carbons (Fsp3) is 0.500. The third-order valence-corrected chi connectivity index (χ3v) is 5.50. The van der Waals surface area contributed by atoms with E-state index in [1.165, 1.54) is 29.4 Å². The fourth-order valence-corrected chi connectivity index (χ4v) is 3.91. The second-order valence-corrected chi connectivity index (χ2v) is 7.88. The van der Waals surface area contributed by atoms with Crippen molar-refractivity contribution in [1.29, 1.82) is 0 Å². The molecule has 0 aliphatic rings. The highest BCUT2D eigenvalue weighted by molar-refractivity contribution is 5.87. The minimum atomic E-state index is -0.760. The lowest BCUT2D eigenvalue weighted by Gasteiger charge is -2.22. The highest BCUT2D eigenvalue weighted by atomic mass is 19.1. The van der Waals surface area contributed by atoms with Crippen LogP contribution < -0.4 is 11.2 Å². The lowest BCUT2D eigenvalue weighted by Crippen LogP contribution is -2.31. The van der Waals surface area contributed by atoms with Gasteiger partial charge in [0.05, 0.1) is 24.6 Å². The second kappa shape index (κ2) is 9.76. The first-order valence-electron chi connectivity index (χ1n) is 10.4. The molecule has 0 saturated heterocycles. The van der Waals surface area contributed by atoms with Crippen LogP contribution in [-0.2, 0) is 22.6 Å². The molecular weight excluding hydrogens is 419 g/mol. The maximum absolute atomic E-state index is 15.2. The molecule has 9 nitrogen and oxygen atoms in total. The van der Waals surface area contributed by atoms with Crippen molar-refractivity contribution < 1.29 is 19.0 Å². The largest absolute Gasteiger partial charge is 0.388 e. The SMILES string of the molecule is CCn1c(CO)nn(-c2cc3c(C(C)C)cn(C(COC)COC)c(=O)c3cc2F)c1=O. The number of fused-ring (bicyclic) bond motifs is 1. The summed E-state index contributed by atoms with van der Waals surface area (Å²) >= 11 is 0. The summed E-state index contributed by atoms with van der Waals surface area (Å²) in [7, 11) is 3.08. The van der Waals surface area contributed by atoms with Gasteiger partial charge in [0.25, 0.3) is 5.56 Å². The van der Waals surface area contributed by atoms with E-state index in [1.807, 2.05) is 13.8 Å². The van der Waals surface area contributed by atoms with Gasteiger partial charge in [0.15, 0.2) is 5.82 Å². The van der Waals surface area contributed by atoms with E-state index in [4.69, 9.17) is 9.47 Å². The number of nitrogens with zero attached hydrogens (tertiary/aromatic N) is 4. The number of pyridine rings is 1. The zero-order valence-electron chi connectivity index (χ0n) is 19.0. The molecule has 0 spiro atoms. The molecule has 1 aromatic carbocycles. The summed E-state index contributed by atoms with van der Waals surface area (Å²) in [4.78, 5) is 26.0. The predicted molar refractivity (Wildman–Crippen MR) is 118 cm³/mol. The Bertz CT molecular complexity index is 1220. The van der Waals surface area contributed by atoms with E-state index in [-0.39, 0.29) is 54.2 Å². The maximum atomic E-state index is 15.2. The summed E-state index contributed by atoms with van der Waals surface area (Å²) in [6.45, 7) is 6.02. The van der Waals surface area contributed by atoms with Crippen LogP contribution in [0.5, 0.6) is 0 Å². The van der Waals surface area contributed by atoms with E-state index in [9.17, 15) is 14.7 Å². The fourth-order valence-electron chi connectivity index (χ4n) is 3.91. The van der Waals surface area contributed by atoms with E-state index in [0.29, 0.717) is 5.39 Å². The number of aromatic nitrogens is 4. The number of aliphatic hydroxyl groups is 1. The molecule has 2 heterocycles. The maximum Gasteiger partial charge on any atom is 0.350 e. The molecule has 3 aromatic rings. The van der Waals surface area contributed by atoms with Crippen LogP contribution in [0, 0.1) is 5.82 Å². The summed E-state index contributed by atoms with van der Waals surface area (Å²) in [5, 5.41) is 14.3. The van der Waals surface area contributed by atoms with Crippen molar-refractivity contribution >= 4 is 10.8 Å². The molecule has 0 unspecified atom stereocenters. The monoisotopic (exact) mass is 448 g/mol. The number of aliphatic hydroxyl groups excluding tert-OH is 1. The summed E-state index contributed by atoms with van der Waals surface area (Å²) in [5.41, 5.74) is -0.205. The van der Waals surface area contributed by atoms with Gasteiger partial charge in [-0.15, -0.1) is 5.10 Å². The van der Waals surface area contributed by atoms with Crippen molar-refractivity contribution in [1.82, 2.24) is 18.9 Å². The van der Waals surface area contributed by atoms with Crippen LogP contribution in [0.2, 0.25) is 0 Å². The van der Waals surface area contributed by atoms with Crippen LogP contribution in [0.4, 0.5) is 4.39 Å². The van der Waals surface area contributed by atoms with Gasteiger partial charge in [0, 0.05) is 27.0 Å². The summed E-state index contributed by atoms with van der Waals surface area (Å²) < 4.78 is 29.4. The lowest BCUT2D eigenvalue weighted by atomic mass is 9.97. The lowest BCUT2D eigenvalue weighted by molar-refractivity contribution is 0.0880. The van der Waals surface area contributed by atoms with E-state index in [1.54, 1.807) is 13.1 Å². The number of benzene rings is 1. The zero-order valence-corrected chi connectivity index (χ0v) is 19.0. The number of rotatable bonds is 9. The summed E-state index contributed by atoms with van der Waals surface area (Å²) in [6.07, 6.45) is 1.74. The molecular formula is C22H29FN4O5. The molecule has 0 bridgehead atoms. The topological polar surface area (TPSA) is 101 Å². The highest BCUT2D eigenvalue weighted by Gasteiger charge is 2.22. The molecule has 0 fully saturated rings. The Kier molecular flexibility index (Phi) is 7.27. The Hall–Kier alpha value is -2.82. The minimum Gasteiger partial charge on any atom is -0.388 e. The van der Waals surface area contributed by atoms with Crippen molar-refractivity contribution in [2.75, 3.05) is 27.4 Å². The van der Waals surface area contributed by atoms with E-state index >= 15 is 4.39 Å². The number of methoxy groups -OCH3 is 2. The molecule has 2 aromatic heterocycles. The molecule has 174 valence electrons. The molecule has 0 aliphatic carbocycles. The van der Waals surface area contributed by atoms with Gasteiger partial charge >= 0.3 is 5.69 Å². The van der Waals surface area contributed by atoms with E-state index < -0.39 is 18.1 Å². The normalized spacial score (nSPS) is 11.9. The van der Waals surface area contributed by atoms with Crippen molar-refractivity contribution in [2.24, 2.45) is 0 Å². The van der Waals surface area contributed by atoms with Gasteiger partial charge in [-0.1, -0.05) is 13.8 Å². The molecule has 10 heteroatoms. The standard InChI is InChI=1S/C22H29FN4O5/c1-6-25-20(10-28)24-27(22(25)30)19-8-15-16(7-18(19)23)21(29)26(9-17(15)13(2)3)14(11-31-4)12-32-5/h7-9,13-14,28H,6,10-12H2,1-5H3. The Morgan fingerprint density at radius 2 is 1.78 bits per heavy atom. The quantitative estimate of drug-likeness (QED) is 0.537. The zero-order chi connectivity index (χ0) is 23.6. The molecule has 0 amide bonds. The van der Waals surface area contributed by atoms with Gasteiger partial charge < -0.3 is 19.1 Å². The van der Waals surface area contributed by atoms with Gasteiger partial charge in [-0.05, 0) is 35.9 Å². The number of ether oxygens (including phenoxy) is 2. The van der Waals surface area contributed by atoms with Crippen molar-refractivity contribution in [3.8, 4) is 5.69 Å². The van der Waals surface area contributed by atoms with Gasteiger partial charge in [0.1, 0.15) is 18.1 Å². The number of halogens is 1. The molecule has 0 saturated carbocycles. The van der Waals surface area contributed by atoms with Gasteiger partial charge in [-0.2, -0.15) is 4.68 Å².